The quantitative estimate of drug-likeness (QED) is 0.438. The fourth-order valence-electron chi connectivity index (χ4n) is 2.94. The van der Waals surface area contributed by atoms with Crippen LogP contribution in [0.4, 0.5) is 17.6 Å². The van der Waals surface area contributed by atoms with Crippen molar-refractivity contribution in [2.75, 3.05) is 0 Å². The number of hydrogen-bond acceptors (Lipinski definition) is 4. The molecule has 4 rings (SSSR count). The Morgan fingerprint density at radius 2 is 1.69 bits per heavy atom. The summed E-state index contributed by atoms with van der Waals surface area (Å²) in [5.74, 6) is -0.399. The van der Waals surface area contributed by atoms with E-state index in [1.807, 2.05) is 0 Å². The molecule has 148 valence electrons. The van der Waals surface area contributed by atoms with E-state index in [2.05, 4.69) is 10.1 Å². The minimum atomic E-state index is -4.43. The van der Waals surface area contributed by atoms with E-state index in [1.165, 1.54) is 40.3 Å². The monoisotopic (exact) mass is 419 g/mol. The lowest BCUT2D eigenvalue weighted by Gasteiger charge is -2.10. The van der Waals surface area contributed by atoms with Crippen molar-refractivity contribution in [3.8, 4) is 11.3 Å². The minimum Gasteiger partial charge on any atom is -0.265 e. The van der Waals surface area contributed by atoms with Crippen LogP contribution in [-0.4, -0.2) is 14.8 Å². The molecular weight excluding hydrogens is 406 g/mol. The molecule has 9 heteroatoms. The zero-order chi connectivity index (χ0) is 20.8. The Bertz CT molecular complexity index is 1240. The van der Waals surface area contributed by atoms with Crippen LogP contribution >= 0.6 is 11.3 Å². The first-order chi connectivity index (χ1) is 13.7. The normalized spacial score (nSPS) is 11.9. The summed E-state index contributed by atoms with van der Waals surface area (Å²) < 4.78 is 53.3. The van der Waals surface area contributed by atoms with Crippen molar-refractivity contribution in [3.63, 3.8) is 0 Å². The van der Waals surface area contributed by atoms with Crippen LogP contribution in [0.2, 0.25) is 0 Å². The lowest BCUT2D eigenvalue weighted by atomic mass is 10.1. The van der Waals surface area contributed by atoms with E-state index in [0.717, 1.165) is 12.1 Å². The first-order valence-corrected chi connectivity index (χ1v) is 9.34. The van der Waals surface area contributed by atoms with Crippen LogP contribution < -0.4 is 5.56 Å². The molecule has 0 aliphatic carbocycles. The molecular formula is C20H13F4N3OS. The Labute approximate surface area is 166 Å². The van der Waals surface area contributed by atoms with Gasteiger partial charge in [0.25, 0.3) is 5.56 Å². The smallest absolute Gasteiger partial charge is 0.265 e. The van der Waals surface area contributed by atoms with Crippen LogP contribution in [0.1, 0.15) is 16.1 Å². The van der Waals surface area contributed by atoms with Crippen LogP contribution in [-0.2, 0) is 12.7 Å². The maximum atomic E-state index is 13.3. The van der Waals surface area contributed by atoms with Crippen LogP contribution in [0.3, 0.4) is 0 Å². The second kappa shape index (κ2) is 7.07. The summed E-state index contributed by atoms with van der Waals surface area (Å²) in [4.78, 5) is 17.1. The maximum Gasteiger partial charge on any atom is 0.416 e. The second-order valence-corrected chi connectivity index (χ2v) is 7.63. The van der Waals surface area contributed by atoms with Gasteiger partial charge in [-0.1, -0.05) is 12.1 Å². The highest BCUT2D eigenvalue weighted by Crippen LogP contribution is 2.31. The third-order valence-electron chi connectivity index (χ3n) is 4.34. The summed E-state index contributed by atoms with van der Waals surface area (Å²) in [5.41, 5.74) is 0.602. The average Bonchev–Trinajstić information content (AvgIpc) is 3.06. The molecule has 0 aliphatic heterocycles. The van der Waals surface area contributed by atoms with Gasteiger partial charge in [0.1, 0.15) is 11.5 Å². The van der Waals surface area contributed by atoms with Crippen LogP contribution in [0.15, 0.2) is 53.3 Å². The standard InChI is InChI=1S/C20H13F4N3OS/c1-11-25-17-18(29-11)16(13-4-8-15(21)9-5-13)26-27(19(17)28)10-12-2-6-14(7-3-12)20(22,23)24/h2-9H,10H2,1H3. The van der Waals surface area contributed by atoms with Gasteiger partial charge in [-0.25, -0.2) is 14.1 Å². The second-order valence-electron chi connectivity index (χ2n) is 6.42. The first kappa shape index (κ1) is 19.3. The van der Waals surface area contributed by atoms with E-state index in [0.29, 0.717) is 26.5 Å². The average molecular weight is 419 g/mol. The molecule has 2 aromatic carbocycles. The number of aryl methyl sites for hydroxylation is 1. The van der Waals surface area contributed by atoms with E-state index in [4.69, 9.17) is 0 Å². The molecule has 0 spiro atoms. The van der Waals surface area contributed by atoms with Gasteiger partial charge in [-0.2, -0.15) is 18.3 Å². The Kier molecular flexibility index (Phi) is 4.70. The molecule has 2 aromatic heterocycles. The third-order valence-corrected chi connectivity index (χ3v) is 5.32. The summed E-state index contributed by atoms with van der Waals surface area (Å²) in [5, 5.41) is 5.09. The Morgan fingerprint density at radius 3 is 2.31 bits per heavy atom. The Balaban J connectivity index is 1.81. The van der Waals surface area contributed by atoms with Crippen molar-refractivity contribution in [1.82, 2.24) is 14.8 Å². The lowest BCUT2D eigenvalue weighted by Crippen LogP contribution is -2.24. The predicted octanol–water partition coefficient (Wildman–Crippen LogP) is 5.03. The third kappa shape index (κ3) is 3.77. The molecule has 0 atom stereocenters. The predicted molar refractivity (Wildman–Crippen MR) is 102 cm³/mol. The Morgan fingerprint density at radius 1 is 1.03 bits per heavy atom. The molecule has 4 nitrogen and oxygen atoms in total. The number of benzene rings is 2. The molecule has 4 aromatic rings. The molecule has 0 saturated carbocycles. The van der Waals surface area contributed by atoms with Crippen molar-refractivity contribution < 1.29 is 17.6 Å². The van der Waals surface area contributed by atoms with Crippen molar-refractivity contribution >= 4 is 21.6 Å². The number of aromatic nitrogens is 3. The Hall–Kier alpha value is -3.07. The van der Waals surface area contributed by atoms with Crippen molar-refractivity contribution in [1.29, 1.82) is 0 Å². The molecule has 0 fully saturated rings. The van der Waals surface area contributed by atoms with Gasteiger partial charge in [0.05, 0.1) is 21.8 Å². The number of fused-ring (bicyclic) bond motifs is 1. The summed E-state index contributed by atoms with van der Waals surface area (Å²) in [7, 11) is 0. The number of thiazole rings is 1. The number of rotatable bonds is 3. The summed E-state index contributed by atoms with van der Waals surface area (Å²) in [6.45, 7) is 1.75. The van der Waals surface area contributed by atoms with Gasteiger partial charge >= 0.3 is 6.18 Å². The van der Waals surface area contributed by atoms with Crippen LogP contribution in [0, 0.1) is 12.7 Å². The molecule has 0 N–H and O–H groups in total. The summed E-state index contributed by atoms with van der Waals surface area (Å²) in [6, 6.07) is 10.2. The molecule has 0 radical (unpaired) electrons. The molecule has 0 bridgehead atoms. The number of nitrogens with zero attached hydrogens (tertiary/aromatic N) is 3. The number of alkyl halides is 3. The number of halogens is 4. The van der Waals surface area contributed by atoms with E-state index in [9.17, 15) is 22.4 Å². The largest absolute Gasteiger partial charge is 0.416 e. The minimum absolute atomic E-state index is 0.0162. The van der Waals surface area contributed by atoms with E-state index < -0.39 is 23.1 Å². The topological polar surface area (TPSA) is 47.8 Å². The molecule has 0 saturated heterocycles. The van der Waals surface area contributed by atoms with Crippen LogP contribution in [0.25, 0.3) is 21.5 Å². The van der Waals surface area contributed by atoms with Gasteiger partial charge in [-0.15, -0.1) is 11.3 Å². The highest BCUT2D eigenvalue weighted by Gasteiger charge is 2.30. The van der Waals surface area contributed by atoms with Gasteiger partial charge in [-0.05, 0) is 48.9 Å². The van der Waals surface area contributed by atoms with E-state index >= 15 is 0 Å². The molecule has 0 unspecified atom stereocenters. The zero-order valence-electron chi connectivity index (χ0n) is 15.0. The highest BCUT2D eigenvalue weighted by molar-refractivity contribution is 7.19. The SMILES string of the molecule is Cc1nc2c(=O)n(Cc3ccc(C(F)(F)F)cc3)nc(-c3ccc(F)cc3)c2s1. The number of hydrogen-bond donors (Lipinski definition) is 0. The summed E-state index contributed by atoms with van der Waals surface area (Å²) in [6.07, 6.45) is -4.43. The first-order valence-electron chi connectivity index (χ1n) is 8.53. The van der Waals surface area contributed by atoms with Gasteiger partial charge in [0.2, 0.25) is 0 Å². The van der Waals surface area contributed by atoms with Crippen molar-refractivity contribution in [2.24, 2.45) is 0 Å². The fourth-order valence-corrected chi connectivity index (χ4v) is 3.86. The van der Waals surface area contributed by atoms with Gasteiger partial charge in [0, 0.05) is 5.56 Å². The van der Waals surface area contributed by atoms with Crippen LogP contribution in [0.5, 0.6) is 0 Å². The molecule has 0 aliphatic rings. The lowest BCUT2D eigenvalue weighted by molar-refractivity contribution is -0.137. The molecule has 2 heterocycles. The van der Waals surface area contributed by atoms with Gasteiger partial charge in [0.15, 0.2) is 5.52 Å². The fraction of sp³-hybridized carbons (Fsp3) is 0.150. The van der Waals surface area contributed by atoms with Gasteiger partial charge < -0.3 is 0 Å². The van der Waals surface area contributed by atoms with E-state index in [1.54, 1.807) is 19.1 Å². The van der Waals surface area contributed by atoms with E-state index in [-0.39, 0.29) is 12.1 Å². The molecule has 29 heavy (non-hydrogen) atoms. The summed E-state index contributed by atoms with van der Waals surface area (Å²) >= 11 is 1.31. The maximum absolute atomic E-state index is 13.3. The zero-order valence-corrected chi connectivity index (χ0v) is 15.8. The highest BCUT2D eigenvalue weighted by atomic mass is 32.1. The van der Waals surface area contributed by atoms with Crippen molar-refractivity contribution in [2.45, 2.75) is 19.6 Å². The van der Waals surface area contributed by atoms with Gasteiger partial charge in [-0.3, -0.25) is 4.79 Å². The van der Waals surface area contributed by atoms with Crippen molar-refractivity contribution in [3.05, 3.63) is 80.8 Å². The molecule has 0 amide bonds.